The highest BCUT2D eigenvalue weighted by molar-refractivity contribution is 5.72. The molecular formula is C15H18. The SMILES string of the molecule is Cc1ccc(C)c2c1C=CC(C)(C)C=C2. The van der Waals surface area contributed by atoms with Gasteiger partial charge in [0, 0.05) is 5.41 Å². The van der Waals surface area contributed by atoms with E-state index in [0.29, 0.717) is 0 Å². The topological polar surface area (TPSA) is 0 Å². The molecule has 78 valence electrons. The Labute approximate surface area is 92.3 Å². The Kier molecular flexibility index (Phi) is 2.30. The van der Waals surface area contributed by atoms with Gasteiger partial charge in [-0.1, -0.05) is 50.3 Å². The fourth-order valence-electron chi connectivity index (χ4n) is 1.95. The summed E-state index contributed by atoms with van der Waals surface area (Å²) in [5.74, 6) is 0. The van der Waals surface area contributed by atoms with Gasteiger partial charge in [-0.25, -0.2) is 0 Å². The van der Waals surface area contributed by atoms with E-state index in [-0.39, 0.29) is 5.41 Å². The highest BCUT2D eigenvalue weighted by atomic mass is 14.2. The third-order valence-electron chi connectivity index (χ3n) is 3.08. The molecule has 15 heavy (non-hydrogen) atoms. The van der Waals surface area contributed by atoms with Gasteiger partial charge < -0.3 is 0 Å². The summed E-state index contributed by atoms with van der Waals surface area (Å²) in [5.41, 5.74) is 5.62. The molecule has 0 radical (unpaired) electrons. The van der Waals surface area contributed by atoms with Gasteiger partial charge in [-0.15, -0.1) is 0 Å². The molecule has 2 rings (SSSR count). The maximum Gasteiger partial charge on any atom is 0.00111 e. The van der Waals surface area contributed by atoms with Gasteiger partial charge in [0.1, 0.15) is 0 Å². The van der Waals surface area contributed by atoms with E-state index in [2.05, 4.69) is 64.1 Å². The molecular weight excluding hydrogens is 180 g/mol. The summed E-state index contributed by atoms with van der Waals surface area (Å²) in [4.78, 5) is 0. The Balaban J connectivity index is 2.67. The Morgan fingerprint density at radius 1 is 0.800 bits per heavy atom. The number of allylic oxidation sites excluding steroid dienone is 2. The summed E-state index contributed by atoms with van der Waals surface area (Å²) < 4.78 is 0. The van der Waals surface area contributed by atoms with Crippen molar-refractivity contribution < 1.29 is 0 Å². The van der Waals surface area contributed by atoms with Crippen LogP contribution in [-0.4, -0.2) is 0 Å². The minimum atomic E-state index is 0.165. The van der Waals surface area contributed by atoms with E-state index in [9.17, 15) is 0 Å². The van der Waals surface area contributed by atoms with Gasteiger partial charge in [0.15, 0.2) is 0 Å². The van der Waals surface area contributed by atoms with Gasteiger partial charge in [0.2, 0.25) is 0 Å². The van der Waals surface area contributed by atoms with E-state index >= 15 is 0 Å². The first-order valence-corrected chi connectivity index (χ1v) is 5.48. The lowest BCUT2D eigenvalue weighted by Gasteiger charge is -2.12. The van der Waals surface area contributed by atoms with E-state index in [1.165, 1.54) is 22.3 Å². The average Bonchev–Trinajstić information content (AvgIpc) is 2.32. The number of benzene rings is 1. The minimum absolute atomic E-state index is 0.165. The summed E-state index contributed by atoms with van der Waals surface area (Å²) in [7, 11) is 0. The molecule has 0 spiro atoms. The van der Waals surface area contributed by atoms with Crippen LogP contribution in [0.25, 0.3) is 12.2 Å². The van der Waals surface area contributed by atoms with Crippen molar-refractivity contribution in [2.24, 2.45) is 5.41 Å². The third-order valence-corrected chi connectivity index (χ3v) is 3.08. The quantitative estimate of drug-likeness (QED) is 0.580. The fourth-order valence-corrected chi connectivity index (χ4v) is 1.95. The van der Waals surface area contributed by atoms with Crippen molar-refractivity contribution in [3.05, 3.63) is 46.5 Å². The molecule has 1 aromatic carbocycles. The molecule has 0 unspecified atom stereocenters. The van der Waals surface area contributed by atoms with Gasteiger partial charge in [-0.3, -0.25) is 0 Å². The zero-order valence-corrected chi connectivity index (χ0v) is 9.96. The molecule has 0 amide bonds. The lowest BCUT2D eigenvalue weighted by atomic mass is 9.93. The molecule has 1 aromatic rings. The number of fused-ring (bicyclic) bond motifs is 1. The molecule has 0 atom stereocenters. The van der Waals surface area contributed by atoms with Crippen LogP contribution < -0.4 is 0 Å². The Morgan fingerprint density at radius 3 is 1.60 bits per heavy atom. The summed E-state index contributed by atoms with van der Waals surface area (Å²) in [6.45, 7) is 8.82. The van der Waals surface area contributed by atoms with Crippen LogP contribution in [0, 0.1) is 19.3 Å². The van der Waals surface area contributed by atoms with Crippen LogP contribution in [0.15, 0.2) is 24.3 Å². The largest absolute Gasteiger partial charge is 0.0745 e. The predicted molar refractivity (Wildman–Crippen MR) is 67.8 cm³/mol. The van der Waals surface area contributed by atoms with Gasteiger partial charge in [-0.2, -0.15) is 0 Å². The molecule has 0 aromatic heterocycles. The molecule has 0 saturated carbocycles. The van der Waals surface area contributed by atoms with Crippen LogP contribution in [0.3, 0.4) is 0 Å². The molecule has 0 N–H and O–H groups in total. The summed E-state index contributed by atoms with van der Waals surface area (Å²) in [6, 6.07) is 4.40. The lowest BCUT2D eigenvalue weighted by Crippen LogP contribution is -2.00. The second kappa shape index (κ2) is 3.37. The Hall–Kier alpha value is -1.30. The minimum Gasteiger partial charge on any atom is -0.0745 e. The van der Waals surface area contributed by atoms with E-state index in [0.717, 1.165) is 0 Å². The number of hydrogen-bond acceptors (Lipinski definition) is 0. The normalized spacial score (nSPS) is 17.3. The molecule has 0 heterocycles. The third kappa shape index (κ3) is 1.90. The van der Waals surface area contributed by atoms with Crippen LogP contribution in [-0.2, 0) is 0 Å². The standard InChI is InChI=1S/C15H18/c1-11-5-6-12(2)14-8-10-15(3,4)9-7-13(11)14/h5-10H,1-4H3. The fraction of sp³-hybridized carbons (Fsp3) is 0.333. The van der Waals surface area contributed by atoms with Gasteiger partial charge in [0.05, 0.1) is 0 Å². The average molecular weight is 198 g/mol. The summed E-state index contributed by atoms with van der Waals surface area (Å²) in [6.07, 6.45) is 9.08. The van der Waals surface area contributed by atoms with E-state index in [4.69, 9.17) is 0 Å². The van der Waals surface area contributed by atoms with Crippen molar-refractivity contribution in [3.8, 4) is 0 Å². The van der Waals surface area contributed by atoms with Crippen LogP contribution in [0.2, 0.25) is 0 Å². The smallest absolute Gasteiger partial charge is 0.00111 e. The van der Waals surface area contributed by atoms with Crippen LogP contribution >= 0.6 is 0 Å². The molecule has 0 nitrogen and oxygen atoms in total. The summed E-state index contributed by atoms with van der Waals surface area (Å²) >= 11 is 0. The molecule has 0 bridgehead atoms. The molecule has 1 aliphatic rings. The molecule has 0 aliphatic heterocycles. The maximum atomic E-state index is 2.28. The highest BCUT2D eigenvalue weighted by Gasteiger charge is 2.14. The zero-order chi connectivity index (χ0) is 11.1. The highest BCUT2D eigenvalue weighted by Crippen LogP contribution is 2.30. The Bertz CT molecular complexity index is 404. The van der Waals surface area contributed by atoms with E-state index < -0.39 is 0 Å². The van der Waals surface area contributed by atoms with Crippen LogP contribution in [0.5, 0.6) is 0 Å². The first kappa shape index (κ1) is 10.2. The number of aryl methyl sites for hydroxylation is 2. The number of hydrogen-bond donors (Lipinski definition) is 0. The number of rotatable bonds is 0. The van der Waals surface area contributed by atoms with Crippen molar-refractivity contribution in [2.75, 3.05) is 0 Å². The molecule has 1 aliphatic carbocycles. The van der Waals surface area contributed by atoms with Crippen molar-refractivity contribution in [1.29, 1.82) is 0 Å². The van der Waals surface area contributed by atoms with Gasteiger partial charge >= 0.3 is 0 Å². The van der Waals surface area contributed by atoms with Crippen LogP contribution in [0.1, 0.15) is 36.1 Å². The molecule has 0 saturated heterocycles. The molecule has 0 heteroatoms. The molecule has 0 fully saturated rings. The van der Waals surface area contributed by atoms with Crippen molar-refractivity contribution in [1.82, 2.24) is 0 Å². The second-order valence-corrected chi connectivity index (χ2v) is 5.01. The summed E-state index contributed by atoms with van der Waals surface area (Å²) in [5, 5.41) is 0. The lowest BCUT2D eigenvalue weighted by molar-refractivity contribution is 0.633. The van der Waals surface area contributed by atoms with Crippen molar-refractivity contribution in [2.45, 2.75) is 27.7 Å². The van der Waals surface area contributed by atoms with Gasteiger partial charge in [-0.05, 0) is 36.1 Å². The van der Waals surface area contributed by atoms with Crippen LogP contribution in [0.4, 0.5) is 0 Å². The van der Waals surface area contributed by atoms with Crippen molar-refractivity contribution >= 4 is 12.2 Å². The monoisotopic (exact) mass is 198 g/mol. The zero-order valence-electron chi connectivity index (χ0n) is 9.96. The first-order valence-electron chi connectivity index (χ1n) is 5.48. The maximum absolute atomic E-state index is 2.28. The van der Waals surface area contributed by atoms with Crippen molar-refractivity contribution in [3.63, 3.8) is 0 Å². The van der Waals surface area contributed by atoms with E-state index in [1.807, 2.05) is 0 Å². The second-order valence-electron chi connectivity index (χ2n) is 5.01. The van der Waals surface area contributed by atoms with Gasteiger partial charge in [0.25, 0.3) is 0 Å². The predicted octanol–water partition coefficient (Wildman–Crippen LogP) is 4.37. The Morgan fingerprint density at radius 2 is 1.20 bits per heavy atom. The first-order chi connectivity index (χ1) is 6.99. The van der Waals surface area contributed by atoms with E-state index in [1.54, 1.807) is 0 Å².